The zero-order valence-electron chi connectivity index (χ0n) is 9.29. The molecular formula is C12H18O3. The molecule has 0 amide bonds. The van der Waals surface area contributed by atoms with Gasteiger partial charge < -0.3 is 14.9 Å². The molecule has 3 nitrogen and oxygen atoms in total. The zero-order chi connectivity index (χ0) is 11.3. The Morgan fingerprint density at radius 1 is 1.13 bits per heavy atom. The number of phenols is 2. The van der Waals surface area contributed by atoms with Gasteiger partial charge in [0.2, 0.25) is 0 Å². The van der Waals surface area contributed by atoms with Gasteiger partial charge >= 0.3 is 0 Å². The summed E-state index contributed by atoms with van der Waals surface area (Å²) >= 11 is 0. The SMILES string of the molecule is CCCCc1c(O)ccc(O)c1OCC. The first-order valence-corrected chi connectivity index (χ1v) is 5.37. The Balaban J connectivity index is 3.01. The lowest BCUT2D eigenvalue weighted by molar-refractivity contribution is 0.310. The van der Waals surface area contributed by atoms with Crippen molar-refractivity contribution in [2.75, 3.05) is 6.61 Å². The molecule has 0 aliphatic carbocycles. The molecule has 0 heterocycles. The van der Waals surface area contributed by atoms with Gasteiger partial charge in [0, 0.05) is 5.56 Å². The minimum Gasteiger partial charge on any atom is -0.508 e. The van der Waals surface area contributed by atoms with Crippen LogP contribution in [0.4, 0.5) is 0 Å². The summed E-state index contributed by atoms with van der Waals surface area (Å²) in [5, 5.41) is 19.3. The molecule has 1 rings (SSSR count). The quantitative estimate of drug-likeness (QED) is 0.735. The highest BCUT2D eigenvalue weighted by atomic mass is 16.5. The molecule has 0 aromatic heterocycles. The van der Waals surface area contributed by atoms with Crippen LogP contribution < -0.4 is 4.74 Å². The number of benzene rings is 1. The fraction of sp³-hybridized carbons (Fsp3) is 0.500. The van der Waals surface area contributed by atoms with Gasteiger partial charge in [-0.1, -0.05) is 13.3 Å². The molecule has 0 aliphatic rings. The molecule has 0 fully saturated rings. The van der Waals surface area contributed by atoms with Crippen LogP contribution in [-0.4, -0.2) is 16.8 Å². The van der Waals surface area contributed by atoms with Crippen LogP contribution in [-0.2, 0) is 6.42 Å². The number of unbranched alkanes of at least 4 members (excludes halogenated alkanes) is 1. The normalized spacial score (nSPS) is 10.3. The highest BCUT2D eigenvalue weighted by Crippen LogP contribution is 2.37. The van der Waals surface area contributed by atoms with E-state index >= 15 is 0 Å². The average Bonchev–Trinajstić information content (AvgIpc) is 2.23. The Morgan fingerprint density at radius 3 is 2.40 bits per heavy atom. The van der Waals surface area contributed by atoms with Gasteiger partial charge in [0.15, 0.2) is 11.5 Å². The molecule has 1 aromatic carbocycles. The van der Waals surface area contributed by atoms with Crippen LogP contribution in [0, 0.1) is 0 Å². The Kier molecular flexibility index (Phi) is 4.28. The number of rotatable bonds is 5. The largest absolute Gasteiger partial charge is 0.508 e. The van der Waals surface area contributed by atoms with Crippen LogP contribution in [0.25, 0.3) is 0 Å². The van der Waals surface area contributed by atoms with E-state index in [0.717, 1.165) is 19.3 Å². The van der Waals surface area contributed by atoms with Gasteiger partial charge in [-0.15, -0.1) is 0 Å². The second kappa shape index (κ2) is 5.49. The lowest BCUT2D eigenvalue weighted by atomic mass is 10.1. The predicted octanol–water partition coefficient (Wildman–Crippen LogP) is 2.84. The van der Waals surface area contributed by atoms with E-state index in [1.807, 2.05) is 6.92 Å². The van der Waals surface area contributed by atoms with Gasteiger partial charge in [-0.2, -0.15) is 0 Å². The van der Waals surface area contributed by atoms with Crippen molar-refractivity contribution in [3.05, 3.63) is 17.7 Å². The maximum absolute atomic E-state index is 9.68. The zero-order valence-corrected chi connectivity index (χ0v) is 9.29. The minimum absolute atomic E-state index is 0.0979. The summed E-state index contributed by atoms with van der Waals surface area (Å²) in [5.74, 6) is 0.719. The number of ether oxygens (including phenoxy) is 1. The maximum atomic E-state index is 9.68. The third kappa shape index (κ3) is 2.78. The van der Waals surface area contributed by atoms with Gasteiger partial charge in [-0.25, -0.2) is 0 Å². The van der Waals surface area contributed by atoms with E-state index in [1.165, 1.54) is 12.1 Å². The summed E-state index contributed by atoms with van der Waals surface area (Å²) in [5.41, 5.74) is 0.707. The lowest BCUT2D eigenvalue weighted by Crippen LogP contribution is -1.98. The Hall–Kier alpha value is -1.38. The molecule has 0 spiro atoms. The van der Waals surface area contributed by atoms with Crippen molar-refractivity contribution in [3.8, 4) is 17.2 Å². The fourth-order valence-corrected chi connectivity index (χ4v) is 1.51. The van der Waals surface area contributed by atoms with Crippen LogP contribution in [0.5, 0.6) is 17.2 Å². The van der Waals surface area contributed by atoms with E-state index in [4.69, 9.17) is 4.74 Å². The standard InChI is InChI=1S/C12H18O3/c1-3-5-6-9-10(13)7-8-11(14)12(9)15-4-2/h7-8,13-14H,3-6H2,1-2H3. The number of hydrogen-bond acceptors (Lipinski definition) is 3. The Morgan fingerprint density at radius 2 is 1.80 bits per heavy atom. The third-order valence-electron chi connectivity index (χ3n) is 2.28. The molecule has 0 atom stereocenters. The molecule has 1 aromatic rings. The van der Waals surface area contributed by atoms with Crippen molar-refractivity contribution in [2.45, 2.75) is 33.1 Å². The van der Waals surface area contributed by atoms with Crippen molar-refractivity contribution in [1.29, 1.82) is 0 Å². The number of aromatic hydroxyl groups is 2. The number of phenolic OH excluding ortho intramolecular Hbond substituents is 2. The third-order valence-corrected chi connectivity index (χ3v) is 2.28. The summed E-state index contributed by atoms with van der Waals surface area (Å²) in [6.07, 6.45) is 2.74. The molecule has 3 heteroatoms. The van der Waals surface area contributed by atoms with Crippen LogP contribution in [0.1, 0.15) is 32.3 Å². The Labute approximate surface area is 90.3 Å². The molecule has 0 radical (unpaired) electrons. The van der Waals surface area contributed by atoms with Crippen LogP contribution in [0.3, 0.4) is 0 Å². The smallest absolute Gasteiger partial charge is 0.167 e. The van der Waals surface area contributed by atoms with E-state index in [1.54, 1.807) is 0 Å². The molecule has 0 bridgehead atoms. The predicted molar refractivity (Wildman–Crippen MR) is 59.6 cm³/mol. The highest BCUT2D eigenvalue weighted by molar-refractivity contribution is 5.52. The van der Waals surface area contributed by atoms with E-state index in [9.17, 15) is 10.2 Å². The van der Waals surface area contributed by atoms with Crippen LogP contribution in [0.2, 0.25) is 0 Å². The second-order valence-corrected chi connectivity index (χ2v) is 3.45. The van der Waals surface area contributed by atoms with E-state index < -0.39 is 0 Å². The number of hydrogen-bond donors (Lipinski definition) is 2. The molecule has 15 heavy (non-hydrogen) atoms. The van der Waals surface area contributed by atoms with E-state index in [-0.39, 0.29) is 11.5 Å². The first kappa shape index (κ1) is 11.7. The summed E-state index contributed by atoms with van der Waals surface area (Å²) in [4.78, 5) is 0. The lowest BCUT2D eigenvalue weighted by Gasteiger charge is -2.13. The molecule has 0 aliphatic heterocycles. The molecule has 0 unspecified atom stereocenters. The topological polar surface area (TPSA) is 49.7 Å². The molecular weight excluding hydrogens is 192 g/mol. The summed E-state index contributed by atoms with van der Waals surface area (Å²) < 4.78 is 5.34. The van der Waals surface area contributed by atoms with Crippen LogP contribution in [0.15, 0.2) is 12.1 Å². The van der Waals surface area contributed by atoms with Gasteiger partial charge in [-0.05, 0) is 31.9 Å². The minimum atomic E-state index is 0.0979. The van der Waals surface area contributed by atoms with E-state index in [2.05, 4.69) is 6.92 Å². The Bertz CT molecular complexity index is 321. The van der Waals surface area contributed by atoms with Crippen molar-refractivity contribution in [2.24, 2.45) is 0 Å². The molecule has 2 N–H and O–H groups in total. The summed E-state index contributed by atoms with van der Waals surface area (Å²) in [6, 6.07) is 2.96. The van der Waals surface area contributed by atoms with Gasteiger partial charge in [-0.3, -0.25) is 0 Å². The first-order chi connectivity index (χ1) is 7.20. The summed E-state index contributed by atoms with van der Waals surface area (Å²) in [6.45, 7) is 4.42. The van der Waals surface area contributed by atoms with Crippen molar-refractivity contribution < 1.29 is 14.9 Å². The highest BCUT2D eigenvalue weighted by Gasteiger charge is 2.13. The van der Waals surface area contributed by atoms with Gasteiger partial charge in [0.05, 0.1) is 6.61 Å². The van der Waals surface area contributed by atoms with Crippen molar-refractivity contribution in [1.82, 2.24) is 0 Å². The maximum Gasteiger partial charge on any atom is 0.167 e. The molecule has 0 saturated carbocycles. The van der Waals surface area contributed by atoms with Crippen molar-refractivity contribution >= 4 is 0 Å². The fourth-order valence-electron chi connectivity index (χ4n) is 1.51. The molecule has 0 saturated heterocycles. The van der Waals surface area contributed by atoms with Crippen LogP contribution >= 0.6 is 0 Å². The monoisotopic (exact) mass is 210 g/mol. The van der Waals surface area contributed by atoms with E-state index in [0.29, 0.717) is 17.9 Å². The van der Waals surface area contributed by atoms with Crippen molar-refractivity contribution in [3.63, 3.8) is 0 Å². The molecule has 84 valence electrons. The average molecular weight is 210 g/mol. The van der Waals surface area contributed by atoms with Gasteiger partial charge in [0.25, 0.3) is 0 Å². The first-order valence-electron chi connectivity index (χ1n) is 5.37. The van der Waals surface area contributed by atoms with Gasteiger partial charge in [0.1, 0.15) is 5.75 Å². The summed E-state index contributed by atoms with van der Waals surface area (Å²) in [7, 11) is 0. The second-order valence-electron chi connectivity index (χ2n) is 3.45.